The third kappa shape index (κ3) is 5.91. The third-order valence-electron chi connectivity index (χ3n) is 4.68. The molecule has 0 saturated heterocycles. The van der Waals surface area contributed by atoms with Gasteiger partial charge in [0, 0.05) is 30.3 Å². The molecule has 0 aliphatic carbocycles. The Morgan fingerprint density at radius 1 is 1.12 bits per heavy atom. The number of benzene rings is 2. The topological polar surface area (TPSA) is 91.5 Å². The van der Waals surface area contributed by atoms with E-state index in [1.165, 1.54) is 12.1 Å². The fraction of sp³-hybridized carbons (Fsp3) is 0.174. The number of phenolic OH excluding ortho intramolecular Hbond substituents is 1. The van der Waals surface area contributed by atoms with Crippen molar-refractivity contribution in [1.29, 1.82) is 0 Å². The van der Waals surface area contributed by atoms with Gasteiger partial charge in [-0.15, -0.1) is 0 Å². The SMILES string of the molecule is CNCCNc1cc(-c2ccccc2O)nc2c(Br)cnn12.O=Cc1ccccc1C(F)(F)F. The second-order valence-electron chi connectivity index (χ2n) is 7.00. The number of anilines is 1. The number of aromatic hydroxyl groups is 1. The van der Waals surface area contributed by atoms with Crippen molar-refractivity contribution in [2.75, 3.05) is 25.5 Å². The molecule has 0 aliphatic rings. The zero-order valence-corrected chi connectivity index (χ0v) is 19.6. The lowest BCUT2D eigenvalue weighted by Gasteiger charge is -2.11. The Morgan fingerprint density at radius 2 is 1.82 bits per heavy atom. The molecule has 0 radical (unpaired) electrons. The number of aldehydes is 1. The molecule has 0 bridgehead atoms. The molecule has 0 fully saturated rings. The minimum absolute atomic E-state index is 0.197. The third-order valence-corrected chi connectivity index (χ3v) is 5.24. The second kappa shape index (κ2) is 11.1. The zero-order valence-electron chi connectivity index (χ0n) is 18.0. The maximum Gasteiger partial charge on any atom is 0.417 e. The monoisotopic (exact) mass is 535 g/mol. The van der Waals surface area contributed by atoms with E-state index in [1.54, 1.807) is 22.8 Å². The number of carbonyl (C=O) groups excluding carboxylic acids is 1. The largest absolute Gasteiger partial charge is 0.507 e. The Balaban J connectivity index is 0.000000229. The van der Waals surface area contributed by atoms with Gasteiger partial charge in [-0.05, 0) is 41.2 Å². The molecule has 0 amide bonds. The predicted molar refractivity (Wildman–Crippen MR) is 127 cm³/mol. The summed E-state index contributed by atoms with van der Waals surface area (Å²) in [7, 11) is 1.90. The van der Waals surface area contributed by atoms with Crippen LogP contribution in [0.4, 0.5) is 19.0 Å². The molecule has 4 aromatic rings. The smallest absolute Gasteiger partial charge is 0.417 e. The van der Waals surface area contributed by atoms with E-state index < -0.39 is 11.7 Å². The van der Waals surface area contributed by atoms with Crippen molar-refractivity contribution in [2.24, 2.45) is 0 Å². The number of alkyl halides is 3. The second-order valence-corrected chi connectivity index (χ2v) is 7.86. The minimum Gasteiger partial charge on any atom is -0.507 e. The number of halogens is 4. The summed E-state index contributed by atoms with van der Waals surface area (Å²) < 4.78 is 38.8. The molecule has 0 unspecified atom stereocenters. The number of hydrogen-bond donors (Lipinski definition) is 3. The molecule has 2 aromatic heterocycles. The Bertz CT molecular complexity index is 1280. The van der Waals surface area contributed by atoms with E-state index in [-0.39, 0.29) is 17.6 Å². The number of nitrogens with zero attached hydrogens (tertiary/aromatic N) is 3. The summed E-state index contributed by atoms with van der Waals surface area (Å²) in [6.07, 6.45) is -2.54. The van der Waals surface area contributed by atoms with Gasteiger partial charge in [-0.2, -0.15) is 22.8 Å². The lowest BCUT2D eigenvalue weighted by Crippen LogP contribution is -2.19. The van der Waals surface area contributed by atoms with Crippen LogP contribution in [0.3, 0.4) is 0 Å². The summed E-state index contributed by atoms with van der Waals surface area (Å²) in [5.41, 5.74) is 0.867. The molecule has 2 aromatic carbocycles. The van der Waals surface area contributed by atoms with Crippen molar-refractivity contribution >= 4 is 33.7 Å². The summed E-state index contributed by atoms with van der Waals surface area (Å²) in [4.78, 5) is 14.8. The maximum atomic E-state index is 12.1. The number of nitrogens with one attached hydrogen (secondary N) is 2. The molecule has 2 heterocycles. The standard InChI is InChI=1S/C15H16BrN5O.C8H5F3O/c1-17-6-7-18-14-8-12(10-4-2-3-5-13(10)22)20-15-11(16)9-19-21(14)15;9-8(10,11)7-4-2-1-3-6(7)5-12/h2-5,8-9,17-18,22H,6-7H2,1H3;1-5H. The molecule has 11 heteroatoms. The van der Waals surface area contributed by atoms with Crippen molar-refractivity contribution in [3.63, 3.8) is 0 Å². The van der Waals surface area contributed by atoms with Gasteiger partial charge in [-0.3, -0.25) is 4.79 Å². The highest BCUT2D eigenvalue weighted by Gasteiger charge is 2.32. The van der Waals surface area contributed by atoms with Crippen molar-refractivity contribution in [1.82, 2.24) is 19.9 Å². The summed E-state index contributed by atoms with van der Waals surface area (Å²) in [5.74, 6) is 1.03. The van der Waals surface area contributed by atoms with Gasteiger partial charge in [0.15, 0.2) is 11.9 Å². The first-order valence-electron chi connectivity index (χ1n) is 10.1. The molecular formula is C23H21BrF3N5O2. The van der Waals surface area contributed by atoms with Crippen LogP contribution in [0.5, 0.6) is 5.75 Å². The van der Waals surface area contributed by atoms with Crippen LogP contribution in [0.25, 0.3) is 16.9 Å². The van der Waals surface area contributed by atoms with E-state index in [1.807, 2.05) is 25.2 Å². The normalized spacial score (nSPS) is 11.1. The average molecular weight is 536 g/mol. The van der Waals surface area contributed by atoms with Gasteiger partial charge in [0.2, 0.25) is 0 Å². The number of carbonyl (C=O) groups is 1. The fourth-order valence-corrected chi connectivity index (χ4v) is 3.41. The first-order chi connectivity index (χ1) is 16.3. The average Bonchev–Trinajstić information content (AvgIpc) is 3.20. The van der Waals surface area contributed by atoms with Crippen molar-refractivity contribution < 1.29 is 23.1 Å². The van der Waals surface area contributed by atoms with Gasteiger partial charge in [0.25, 0.3) is 0 Å². The quantitative estimate of drug-likeness (QED) is 0.237. The van der Waals surface area contributed by atoms with Crippen LogP contribution in [-0.2, 0) is 6.18 Å². The summed E-state index contributed by atoms with van der Waals surface area (Å²) in [6, 6.07) is 13.7. The molecule has 3 N–H and O–H groups in total. The number of fused-ring (bicyclic) bond motifs is 1. The first kappa shape index (κ1) is 25.2. The van der Waals surface area contributed by atoms with Crippen LogP contribution < -0.4 is 10.6 Å². The van der Waals surface area contributed by atoms with Crippen LogP contribution in [0.2, 0.25) is 0 Å². The van der Waals surface area contributed by atoms with Gasteiger partial charge >= 0.3 is 6.18 Å². The highest BCUT2D eigenvalue weighted by molar-refractivity contribution is 9.10. The van der Waals surface area contributed by atoms with Gasteiger partial charge < -0.3 is 15.7 Å². The Kier molecular flexibility index (Phi) is 8.24. The highest BCUT2D eigenvalue weighted by Crippen LogP contribution is 2.32. The van der Waals surface area contributed by atoms with Crippen molar-refractivity contribution in [3.8, 4) is 17.0 Å². The molecule has 0 atom stereocenters. The number of aromatic nitrogens is 3. The summed E-state index contributed by atoms with van der Waals surface area (Å²) in [6.45, 7) is 1.59. The molecule has 7 nitrogen and oxygen atoms in total. The summed E-state index contributed by atoms with van der Waals surface area (Å²) >= 11 is 3.46. The molecular weight excluding hydrogens is 515 g/mol. The van der Waals surface area contributed by atoms with Crippen molar-refractivity contribution in [3.05, 3.63) is 76.4 Å². The molecule has 0 spiro atoms. The maximum absolute atomic E-state index is 12.1. The molecule has 0 aliphatic heterocycles. The van der Waals surface area contributed by atoms with E-state index in [4.69, 9.17) is 0 Å². The van der Waals surface area contributed by atoms with Gasteiger partial charge in [-0.25, -0.2) is 4.98 Å². The number of phenols is 1. The Hall–Kier alpha value is -3.44. The van der Waals surface area contributed by atoms with Crippen LogP contribution in [0, 0.1) is 0 Å². The van der Waals surface area contributed by atoms with E-state index >= 15 is 0 Å². The van der Waals surface area contributed by atoms with Gasteiger partial charge in [-0.1, -0.05) is 30.3 Å². The zero-order chi connectivity index (χ0) is 24.7. The Morgan fingerprint density at radius 3 is 2.47 bits per heavy atom. The molecule has 0 saturated carbocycles. The number of para-hydroxylation sites is 1. The van der Waals surface area contributed by atoms with Crippen molar-refractivity contribution in [2.45, 2.75) is 6.18 Å². The van der Waals surface area contributed by atoms with Crippen LogP contribution in [0.15, 0.2) is 65.3 Å². The molecule has 178 valence electrons. The fourth-order valence-electron chi connectivity index (χ4n) is 3.06. The Labute approximate surface area is 201 Å². The molecule has 4 rings (SSSR count). The summed E-state index contributed by atoms with van der Waals surface area (Å²) in [5, 5.41) is 20.8. The van der Waals surface area contributed by atoms with E-state index in [0.29, 0.717) is 16.9 Å². The van der Waals surface area contributed by atoms with Crippen LogP contribution in [0.1, 0.15) is 15.9 Å². The number of hydrogen-bond acceptors (Lipinski definition) is 6. The van der Waals surface area contributed by atoms with Gasteiger partial charge in [0.05, 0.1) is 21.9 Å². The lowest BCUT2D eigenvalue weighted by atomic mass is 10.1. The van der Waals surface area contributed by atoms with Gasteiger partial charge in [0.1, 0.15) is 11.6 Å². The van der Waals surface area contributed by atoms with E-state index in [9.17, 15) is 23.1 Å². The predicted octanol–water partition coefficient (Wildman–Crippen LogP) is 5.01. The first-order valence-corrected chi connectivity index (χ1v) is 10.9. The number of rotatable bonds is 6. The molecule has 34 heavy (non-hydrogen) atoms. The number of likely N-dealkylation sites (N-methyl/N-ethyl adjacent to an activating group) is 1. The van der Waals surface area contributed by atoms with E-state index in [2.05, 4.69) is 36.6 Å². The minimum atomic E-state index is -4.45. The highest BCUT2D eigenvalue weighted by atomic mass is 79.9. The van der Waals surface area contributed by atoms with Crippen LogP contribution >= 0.6 is 15.9 Å². The lowest BCUT2D eigenvalue weighted by molar-refractivity contribution is -0.137. The van der Waals surface area contributed by atoms with E-state index in [0.717, 1.165) is 35.5 Å². The van der Waals surface area contributed by atoms with Crippen LogP contribution in [-0.4, -0.2) is 46.1 Å².